The van der Waals surface area contributed by atoms with Crippen molar-refractivity contribution in [1.82, 2.24) is 4.72 Å². The van der Waals surface area contributed by atoms with Gasteiger partial charge in [-0.3, -0.25) is 4.79 Å². The topological polar surface area (TPSA) is 75.3 Å². The van der Waals surface area contributed by atoms with Crippen LogP contribution in [0.2, 0.25) is 0 Å². The first-order valence-electron chi connectivity index (χ1n) is 7.63. The first kappa shape index (κ1) is 18.2. The molecule has 0 aromatic heterocycles. The molecule has 0 aliphatic carbocycles. The highest BCUT2D eigenvalue weighted by Crippen LogP contribution is 2.16. The van der Waals surface area contributed by atoms with E-state index in [0.717, 1.165) is 16.7 Å². The Morgan fingerprint density at radius 3 is 2.25 bits per heavy atom. The zero-order valence-corrected chi connectivity index (χ0v) is 15.1. The molecular formula is C18H22N2O3S. The quantitative estimate of drug-likeness (QED) is 0.874. The fourth-order valence-electron chi connectivity index (χ4n) is 2.36. The molecule has 0 atom stereocenters. The van der Waals surface area contributed by atoms with Gasteiger partial charge in [0.05, 0.1) is 11.4 Å². The van der Waals surface area contributed by atoms with Crippen LogP contribution in [0.25, 0.3) is 0 Å². The fraction of sp³-hybridized carbons (Fsp3) is 0.278. The van der Waals surface area contributed by atoms with Gasteiger partial charge in [-0.1, -0.05) is 23.8 Å². The number of benzene rings is 2. The van der Waals surface area contributed by atoms with E-state index in [1.165, 1.54) is 0 Å². The maximum Gasteiger partial charge on any atom is 0.241 e. The van der Waals surface area contributed by atoms with Crippen molar-refractivity contribution in [3.8, 4) is 0 Å². The molecule has 2 aromatic carbocycles. The van der Waals surface area contributed by atoms with E-state index in [1.54, 1.807) is 31.2 Å². The van der Waals surface area contributed by atoms with Gasteiger partial charge in [0.15, 0.2) is 0 Å². The van der Waals surface area contributed by atoms with Crippen LogP contribution in [0.15, 0.2) is 41.3 Å². The summed E-state index contributed by atoms with van der Waals surface area (Å²) in [5, 5.41) is 2.69. The number of sulfonamides is 1. The van der Waals surface area contributed by atoms with Gasteiger partial charge in [-0.05, 0) is 62.6 Å². The minimum atomic E-state index is -3.72. The Kier molecular flexibility index (Phi) is 5.41. The molecule has 5 nitrogen and oxygen atoms in total. The van der Waals surface area contributed by atoms with Crippen LogP contribution in [0.1, 0.15) is 22.3 Å². The summed E-state index contributed by atoms with van der Waals surface area (Å²) < 4.78 is 27.0. The first-order valence-corrected chi connectivity index (χ1v) is 9.11. The van der Waals surface area contributed by atoms with Crippen molar-refractivity contribution in [2.45, 2.75) is 32.6 Å². The number of carbonyl (C=O) groups excluding carboxylic acids is 1. The van der Waals surface area contributed by atoms with E-state index < -0.39 is 15.9 Å². The van der Waals surface area contributed by atoms with Crippen molar-refractivity contribution in [2.24, 2.45) is 0 Å². The third-order valence-electron chi connectivity index (χ3n) is 3.83. The number of hydrogen-bond donors (Lipinski definition) is 2. The normalized spacial score (nSPS) is 11.3. The third kappa shape index (κ3) is 4.43. The largest absolute Gasteiger partial charge is 0.325 e. The lowest BCUT2D eigenvalue weighted by Crippen LogP contribution is -2.33. The molecule has 0 aliphatic rings. The lowest BCUT2D eigenvalue weighted by Gasteiger charge is -2.11. The number of carbonyl (C=O) groups is 1. The fourth-order valence-corrected chi connectivity index (χ4v) is 3.57. The summed E-state index contributed by atoms with van der Waals surface area (Å²) in [7, 11) is -3.72. The van der Waals surface area contributed by atoms with Crippen LogP contribution < -0.4 is 10.0 Å². The maximum atomic E-state index is 12.3. The minimum absolute atomic E-state index is 0.187. The summed E-state index contributed by atoms with van der Waals surface area (Å²) in [6.45, 7) is 7.25. The second kappa shape index (κ2) is 7.15. The average Bonchev–Trinajstić information content (AvgIpc) is 2.49. The van der Waals surface area contributed by atoms with Gasteiger partial charge < -0.3 is 5.32 Å². The van der Waals surface area contributed by atoms with Crippen molar-refractivity contribution in [2.75, 3.05) is 11.9 Å². The standard InChI is InChI=1S/C18H22N2O3S/c1-12-5-8-17(15(4)9-12)24(22,23)19-11-18(21)20-16-7-6-13(2)14(3)10-16/h5-10,19H,11H2,1-4H3,(H,20,21). The average molecular weight is 346 g/mol. The highest BCUT2D eigenvalue weighted by atomic mass is 32.2. The Morgan fingerprint density at radius 1 is 0.917 bits per heavy atom. The minimum Gasteiger partial charge on any atom is -0.325 e. The van der Waals surface area contributed by atoms with Gasteiger partial charge in [-0.25, -0.2) is 13.1 Å². The van der Waals surface area contributed by atoms with Gasteiger partial charge in [0.1, 0.15) is 0 Å². The summed E-state index contributed by atoms with van der Waals surface area (Å²) >= 11 is 0. The van der Waals surface area contributed by atoms with Crippen molar-refractivity contribution in [3.05, 3.63) is 58.7 Å². The smallest absolute Gasteiger partial charge is 0.241 e. The predicted octanol–water partition coefficient (Wildman–Crippen LogP) is 2.84. The summed E-state index contributed by atoms with van der Waals surface area (Å²) in [5.41, 5.74) is 4.47. The number of anilines is 1. The van der Waals surface area contributed by atoms with E-state index in [9.17, 15) is 13.2 Å². The van der Waals surface area contributed by atoms with Crippen molar-refractivity contribution in [3.63, 3.8) is 0 Å². The van der Waals surface area contributed by atoms with Crippen LogP contribution in [-0.2, 0) is 14.8 Å². The SMILES string of the molecule is Cc1ccc(S(=O)(=O)NCC(=O)Nc2ccc(C)c(C)c2)c(C)c1. The third-order valence-corrected chi connectivity index (χ3v) is 5.39. The van der Waals surface area contributed by atoms with Crippen LogP contribution in [0.5, 0.6) is 0 Å². The summed E-state index contributed by atoms with van der Waals surface area (Å²) in [5.74, 6) is -0.411. The number of aryl methyl sites for hydroxylation is 4. The molecule has 0 radical (unpaired) electrons. The maximum absolute atomic E-state index is 12.3. The number of amides is 1. The van der Waals surface area contributed by atoms with Crippen LogP contribution in [0.3, 0.4) is 0 Å². The Labute approximate surface area is 143 Å². The van der Waals surface area contributed by atoms with Crippen molar-refractivity contribution >= 4 is 21.6 Å². The molecule has 2 aromatic rings. The summed E-state index contributed by atoms with van der Waals surface area (Å²) in [4.78, 5) is 12.2. The van der Waals surface area contributed by atoms with Crippen molar-refractivity contribution < 1.29 is 13.2 Å². The van der Waals surface area contributed by atoms with Crippen LogP contribution in [0.4, 0.5) is 5.69 Å². The zero-order valence-electron chi connectivity index (χ0n) is 14.3. The van der Waals surface area contributed by atoms with Gasteiger partial charge in [-0.15, -0.1) is 0 Å². The molecule has 2 rings (SSSR count). The molecule has 6 heteroatoms. The van der Waals surface area contributed by atoms with E-state index in [-0.39, 0.29) is 11.4 Å². The highest BCUT2D eigenvalue weighted by Gasteiger charge is 2.17. The second-order valence-corrected chi connectivity index (χ2v) is 7.68. The van der Waals surface area contributed by atoms with E-state index in [1.807, 2.05) is 32.9 Å². The van der Waals surface area contributed by atoms with Crippen LogP contribution in [-0.4, -0.2) is 20.9 Å². The Balaban J connectivity index is 2.03. The number of hydrogen-bond acceptors (Lipinski definition) is 3. The summed E-state index contributed by atoms with van der Waals surface area (Å²) in [6.07, 6.45) is 0. The molecule has 0 unspecified atom stereocenters. The second-order valence-electron chi connectivity index (χ2n) is 5.94. The lowest BCUT2D eigenvalue weighted by atomic mass is 10.1. The Morgan fingerprint density at radius 2 is 1.62 bits per heavy atom. The molecule has 128 valence electrons. The molecule has 0 heterocycles. The number of nitrogens with one attached hydrogen (secondary N) is 2. The van der Waals surface area contributed by atoms with E-state index >= 15 is 0 Å². The molecule has 0 fully saturated rings. The van der Waals surface area contributed by atoms with Gasteiger partial charge in [-0.2, -0.15) is 0 Å². The summed E-state index contributed by atoms with van der Waals surface area (Å²) in [6, 6.07) is 10.6. The lowest BCUT2D eigenvalue weighted by molar-refractivity contribution is -0.115. The number of rotatable bonds is 5. The molecular weight excluding hydrogens is 324 g/mol. The van der Waals surface area contributed by atoms with Crippen molar-refractivity contribution in [1.29, 1.82) is 0 Å². The molecule has 2 N–H and O–H groups in total. The monoisotopic (exact) mass is 346 g/mol. The molecule has 0 bridgehead atoms. The molecule has 0 saturated carbocycles. The van der Waals surface area contributed by atoms with E-state index in [0.29, 0.717) is 11.3 Å². The van der Waals surface area contributed by atoms with Crippen LogP contribution >= 0.6 is 0 Å². The first-order chi connectivity index (χ1) is 11.2. The van der Waals surface area contributed by atoms with Gasteiger partial charge >= 0.3 is 0 Å². The molecule has 0 saturated heterocycles. The van der Waals surface area contributed by atoms with E-state index in [2.05, 4.69) is 10.0 Å². The molecule has 0 aliphatic heterocycles. The van der Waals surface area contributed by atoms with Gasteiger partial charge in [0.2, 0.25) is 15.9 Å². The van der Waals surface area contributed by atoms with Gasteiger partial charge in [0, 0.05) is 5.69 Å². The highest BCUT2D eigenvalue weighted by molar-refractivity contribution is 7.89. The molecule has 24 heavy (non-hydrogen) atoms. The Bertz CT molecular complexity index is 874. The van der Waals surface area contributed by atoms with E-state index in [4.69, 9.17) is 0 Å². The van der Waals surface area contributed by atoms with Crippen LogP contribution in [0, 0.1) is 27.7 Å². The Hall–Kier alpha value is -2.18. The zero-order chi connectivity index (χ0) is 17.9. The van der Waals surface area contributed by atoms with Gasteiger partial charge in [0.25, 0.3) is 0 Å². The molecule has 0 spiro atoms. The predicted molar refractivity (Wildman–Crippen MR) is 95.7 cm³/mol. The molecule has 1 amide bonds.